The number of likely N-dealkylation sites (tertiary alicyclic amines) is 1. The van der Waals surface area contributed by atoms with Gasteiger partial charge in [-0.15, -0.1) is 0 Å². The first-order valence-electron chi connectivity index (χ1n) is 15.2. The smallest absolute Gasteiger partial charge is 0.227 e. The van der Waals surface area contributed by atoms with E-state index in [4.69, 9.17) is 9.97 Å². The lowest BCUT2D eigenvalue weighted by Crippen LogP contribution is -2.48. The normalized spacial score (nSPS) is 16.6. The molecule has 2 saturated heterocycles. The monoisotopic (exact) mass is 589 g/mol. The number of hydrogen-bond donors (Lipinski definition) is 1. The van der Waals surface area contributed by atoms with Gasteiger partial charge in [0.25, 0.3) is 0 Å². The van der Waals surface area contributed by atoms with Gasteiger partial charge in [0.05, 0.1) is 5.69 Å². The number of carbonyl (C=O) groups is 2. The summed E-state index contributed by atoms with van der Waals surface area (Å²) >= 11 is 0. The molecular formula is C34H41F2N5O2. The van der Waals surface area contributed by atoms with E-state index in [2.05, 4.69) is 22.0 Å². The van der Waals surface area contributed by atoms with Gasteiger partial charge in [-0.2, -0.15) is 4.98 Å². The van der Waals surface area contributed by atoms with Gasteiger partial charge in [0.1, 0.15) is 23.7 Å². The number of piperidine rings is 2. The fourth-order valence-corrected chi connectivity index (χ4v) is 5.76. The van der Waals surface area contributed by atoms with Crippen molar-refractivity contribution < 1.29 is 18.4 Å². The van der Waals surface area contributed by atoms with E-state index >= 15 is 0 Å². The molecule has 228 valence electrons. The van der Waals surface area contributed by atoms with Gasteiger partial charge in [0, 0.05) is 41.4 Å². The zero-order chi connectivity index (χ0) is 30.9. The molecule has 1 N–H and O–H groups in total. The highest BCUT2D eigenvalue weighted by atomic mass is 19.1. The van der Waals surface area contributed by atoms with Crippen LogP contribution in [0.3, 0.4) is 0 Å². The average molecular weight is 590 g/mol. The van der Waals surface area contributed by atoms with E-state index in [1.807, 2.05) is 26.8 Å². The van der Waals surface area contributed by atoms with Crippen LogP contribution in [0.1, 0.15) is 73.5 Å². The van der Waals surface area contributed by atoms with Crippen LogP contribution in [0.2, 0.25) is 0 Å². The van der Waals surface area contributed by atoms with Gasteiger partial charge in [-0.3, -0.25) is 9.59 Å². The summed E-state index contributed by atoms with van der Waals surface area (Å²) < 4.78 is 28.9. The summed E-state index contributed by atoms with van der Waals surface area (Å²) in [5.74, 6) is 0.0348. The van der Waals surface area contributed by atoms with Crippen LogP contribution in [0.25, 0.3) is 23.4 Å². The molecule has 7 nitrogen and oxygen atoms in total. The van der Waals surface area contributed by atoms with Crippen LogP contribution in [0.4, 0.5) is 20.5 Å². The Labute approximate surface area is 253 Å². The number of halogens is 2. The lowest BCUT2D eigenvalue weighted by atomic mass is 9.95. The zero-order valence-corrected chi connectivity index (χ0v) is 25.4. The molecular weight excluding hydrogens is 548 g/mol. The van der Waals surface area contributed by atoms with Crippen molar-refractivity contribution in [2.24, 2.45) is 5.92 Å². The Morgan fingerprint density at radius 3 is 2.16 bits per heavy atom. The molecule has 2 aliphatic heterocycles. The highest BCUT2D eigenvalue weighted by molar-refractivity contribution is 5.90. The van der Waals surface area contributed by atoms with Crippen molar-refractivity contribution in [1.29, 1.82) is 0 Å². The molecule has 43 heavy (non-hydrogen) atoms. The summed E-state index contributed by atoms with van der Waals surface area (Å²) in [5.41, 5.74) is 2.60. The summed E-state index contributed by atoms with van der Waals surface area (Å²) in [6, 6.07) is 9.45. The molecule has 3 heterocycles. The predicted molar refractivity (Wildman–Crippen MR) is 169 cm³/mol. The van der Waals surface area contributed by atoms with Crippen LogP contribution in [0.5, 0.6) is 0 Å². The maximum Gasteiger partial charge on any atom is 0.227 e. The van der Waals surface area contributed by atoms with Gasteiger partial charge < -0.3 is 15.1 Å². The van der Waals surface area contributed by atoms with Crippen molar-refractivity contribution in [3.8, 4) is 11.3 Å². The molecule has 0 bridgehead atoms. The maximum absolute atomic E-state index is 14.4. The van der Waals surface area contributed by atoms with Crippen molar-refractivity contribution in [2.45, 2.75) is 59.4 Å². The lowest BCUT2D eigenvalue weighted by Gasteiger charge is -2.41. The van der Waals surface area contributed by atoms with Crippen LogP contribution in [-0.2, 0) is 4.79 Å². The number of nitrogens with zero attached hydrogens (tertiary/aromatic N) is 4. The Morgan fingerprint density at radius 1 is 0.884 bits per heavy atom. The molecule has 0 spiro atoms. The quantitative estimate of drug-likeness (QED) is 0.285. The molecule has 1 aromatic heterocycles. The second-order valence-electron chi connectivity index (χ2n) is 11.0. The number of benzene rings is 2. The molecule has 0 saturated carbocycles. The van der Waals surface area contributed by atoms with Crippen molar-refractivity contribution >= 4 is 36.6 Å². The summed E-state index contributed by atoms with van der Waals surface area (Å²) in [6.07, 6.45) is 8.53. The third-order valence-corrected chi connectivity index (χ3v) is 8.28. The van der Waals surface area contributed by atoms with E-state index in [0.717, 1.165) is 56.8 Å². The van der Waals surface area contributed by atoms with Crippen molar-refractivity contribution in [3.63, 3.8) is 0 Å². The predicted octanol–water partition coefficient (Wildman–Crippen LogP) is 7.01. The van der Waals surface area contributed by atoms with Gasteiger partial charge in [-0.25, -0.2) is 13.8 Å². The number of rotatable bonds is 8. The van der Waals surface area contributed by atoms with E-state index in [0.29, 0.717) is 40.8 Å². The summed E-state index contributed by atoms with van der Waals surface area (Å²) in [4.78, 5) is 37.7. The summed E-state index contributed by atoms with van der Waals surface area (Å²) in [7, 11) is 0. The summed E-state index contributed by atoms with van der Waals surface area (Å²) in [6.45, 7) is 12.0. The van der Waals surface area contributed by atoms with Crippen LogP contribution >= 0.6 is 0 Å². The van der Waals surface area contributed by atoms with E-state index < -0.39 is 11.6 Å². The molecule has 0 unspecified atom stereocenters. The number of aromatic nitrogens is 2. The fraction of sp³-hybridized carbons (Fsp3) is 0.412. The SMILES string of the molecule is CC.Cc1ccc(C=O)cc1-c1nc(N2CCC(N3CCC(C)CC3)CC2)nc(NC=O)c1/C=C\c1c(F)cccc1F. The van der Waals surface area contributed by atoms with Crippen LogP contribution in [0.15, 0.2) is 36.4 Å². The van der Waals surface area contributed by atoms with Gasteiger partial charge in [0.15, 0.2) is 0 Å². The van der Waals surface area contributed by atoms with Crippen molar-refractivity contribution in [1.82, 2.24) is 14.9 Å². The Hall–Kier alpha value is -3.98. The number of nitrogens with one attached hydrogen (secondary N) is 1. The molecule has 5 rings (SSSR count). The maximum atomic E-state index is 14.4. The van der Waals surface area contributed by atoms with Crippen LogP contribution in [0, 0.1) is 24.5 Å². The molecule has 3 aromatic rings. The number of hydrogen-bond acceptors (Lipinski definition) is 6. The highest BCUT2D eigenvalue weighted by Gasteiger charge is 2.29. The van der Waals surface area contributed by atoms with E-state index in [9.17, 15) is 18.4 Å². The van der Waals surface area contributed by atoms with Crippen molar-refractivity contribution in [2.75, 3.05) is 36.4 Å². The third kappa shape index (κ3) is 7.51. The van der Waals surface area contributed by atoms with E-state index in [1.165, 1.54) is 43.2 Å². The van der Waals surface area contributed by atoms with Gasteiger partial charge in [0.2, 0.25) is 12.4 Å². The first kappa shape index (κ1) is 31.9. The van der Waals surface area contributed by atoms with Gasteiger partial charge in [-0.1, -0.05) is 39.0 Å². The van der Waals surface area contributed by atoms with Gasteiger partial charge in [-0.05, 0) is 87.5 Å². The fourth-order valence-electron chi connectivity index (χ4n) is 5.76. The molecule has 2 fully saturated rings. The second-order valence-corrected chi connectivity index (χ2v) is 11.0. The Morgan fingerprint density at radius 2 is 1.53 bits per heavy atom. The summed E-state index contributed by atoms with van der Waals surface area (Å²) in [5, 5.41) is 2.67. The van der Waals surface area contributed by atoms with Crippen LogP contribution in [-0.4, -0.2) is 59.8 Å². The molecule has 2 aromatic carbocycles. The minimum Gasteiger partial charge on any atom is -0.341 e. The molecule has 1 amide bonds. The molecule has 2 aliphatic rings. The first-order valence-corrected chi connectivity index (χ1v) is 15.2. The van der Waals surface area contributed by atoms with Crippen LogP contribution < -0.4 is 10.2 Å². The van der Waals surface area contributed by atoms with E-state index in [1.54, 1.807) is 12.1 Å². The second kappa shape index (κ2) is 15.0. The minimum absolute atomic E-state index is 0.216. The Balaban J connectivity index is 0.00000207. The van der Waals surface area contributed by atoms with E-state index in [-0.39, 0.29) is 11.4 Å². The number of anilines is 2. The standard InChI is InChI=1S/C32H35F2N5O2.C2H6/c1-21-10-14-38(15-11-21)24-12-16-39(17-13-24)32-36-30(27-18-23(19-40)7-6-22(27)2)26(31(37-32)35-20-41)9-8-25-28(33)4-3-5-29(25)34;1-2/h3-9,18-21,24H,10-17H2,1-2H3,(H,35,36,37,41);1-2H3/b9-8-;. The number of aryl methyl sites for hydroxylation is 1. The molecule has 0 aliphatic carbocycles. The Bertz CT molecular complexity index is 1420. The average Bonchev–Trinajstić information content (AvgIpc) is 3.03. The Kier molecular flexibility index (Phi) is 11.1. The highest BCUT2D eigenvalue weighted by Crippen LogP contribution is 2.34. The molecule has 0 radical (unpaired) electrons. The molecule has 0 atom stereocenters. The first-order chi connectivity index (χ1) is 20.9. The third-order valence-electron chi connectivity index (χ3n) is 8.28. The largest absolute Gasteiger partial charge is 0.341 e. The number of carbonyl (C=O) groups excluding carboxylic acids is 2. The number of amides is 1. The lowest BCUT2D eigenvalue weighted by molar-refractivity contribution is -0.105. The minimum atomic E-state index is -0.713. The topological polar surface area (TPSA) is 78.4 Å². The number of aldehydes is 1. The van der Waals surface area contributed by atoms with Crippen molar-refractivity contribution in [3.05, 3.63) is 70.3 Å². The zero-order valence-electron chi connectivity index (χ0n) is 25.4. The molecule has 9 heteroatoms. The van der Waals surface area contributed by atoms with Gasteiger partial charge >= 0.3 is 0 Å².